The zero-order valence-electron chi connectivity index (χ0n) is 15.7. The lowest BCUT2D eigenvalue weighted by molar-refractivity contribution is -0.158. The van der Waals surface area contributed by atoms with E-state index in [0.29, 0.717) is 19.8 Å². The summed E-state index contributed by atoms with van der Waals surface area (Å²) >= 11 is 3.44. The van der Waals surface area contributed by atoms with Crippen LogP contribution >= 0.6 is 23.1 Å². The van der Waals surface area contributed by atoms with Crippen LogP contribution < -0.4 is 0 Å². The smallest absolute Gasteiger partial charge is 0.177 e. The molecule has 3 aromatic rings. The van der Waals surface area contributed by atoms with Crippen LogP contribution in [0.4, 0.5) is 0 Å². The van der Waals surface area contributed by atoms with E-state index in [1.54, 1.807) is 23.1 Å². The summed E-state index contributed by atoms with van der Waals surface area (Å²) in [6.07, 6.45) is 3.74. The van der Waals surface area contributed by atoms with Crippen LogP contribution in [0.25, 0.3) is 10.2 Å². The molecule has 2 aromatic carbocycles. The van der Waals surface area contributed by atoms with E-state index >= 15 is 0 Å². The zero-order chi connectivity index (χ0) is 19.2. The van der Waals surface area contributed by atoms with Gasteiger partial charge in [0.2, 0.25) is 0 Å². The second kappa shape index (κ2) is 9.67. The van der Waals surface area contributed by atoms with Gasteiger partial charge in [-0.05, 0) is 30.7 Å². The summed E-state index contributed by atoms with van der Waals surface area (Å²) in [5.41, 5.74) is 2.20. The number of nitrogens with zero attached hydrogens (tertiary/aromatic N) is 1. The van der Waals surface area contributed by atoms with Gasteiger partial charge in [0.25, 0.3) is 0 Å². The maximum Gasteiger partial charge on any atom is 0.177 e. The van der Waals surface area contributed by atoms with Gasteiger partial charge >= 0.3 is 0 Å². The predicted molar refractivity (Wildman–Crippen MR) is 115 cm³/mol. The SMILES string of the molecule is CCO[C@@H]1C=C[C@@H](Sc2nc3ccccc3s2)[C@@H](COCc2ccccc2)O1. The number of para-hydroxylation sites is 1. The summed E-state index contributed by atoms with van der Waals surface area (Å²) in [4.78, 5) is 4.74. The van der Waals surface area contributed by atoms with Crippen molar-refractivity contribution in [2.45, 2.75) is 35.5 Å². The minimum atomic E-state index is -0.317. The number of benzene rings is 2. The van der Waals surface area contributed by atoms with E-state index < -0.39 is 0 Å². The van der Waals surface area contributed by atoms with Crippen molar-refractivity contribution in [1.29, 1.82) is 0 Å². The molecule has 2 heterocycles. The van der Waals surface area contributed by atoms with Crippen LogP contribution in [0.3, 0.4) is 0 Å². The summed E-state index contributed by atoms with van der Waals surface area (Å²) in [5, 5.41) is 0.132. The number of fused-ring (bicyclic) bond motifs is 1. The van der Waals surface area contributed by atoms with Gasteiger partial charge in [0.15, 0.2) is 10.6 Å². The Kier molecular flexibility index (Phi) is 6.77. The van der Waals surface area contributed by atoms with Gasteiger partial charge in [-0.3, -0.25) is 0 Å². The molecule has 3 atom stereocenters. The van der Waals surface area contributed by atoms with Gasteiger partial charge in [0.05, 0.1) is 28.7 Å². The Bertz CT molecular complexity index is 879. The quantitative estimate of drug-likeness (QED) is 0.469. The number of aromatic nitrogens is 1. The fourth-order valence-corrected chi connectivity index (χ4v) is 5.35. The number of hydrogen-bond acceptors (Lipinski definition) is 6. The molecule has 0 saturated carbocycles. The highest BCUT2D eigenvalue weighted by Crippen LogP contribution is 2.36. The molecule has 4 rings (SSSR count). The first-order valence-electron chi connectivity index (χ1n) is 9.41. The Morgan fingerprint density at radius 2 is 1.89 bits per heavy atom. The molecule has 0 amide bonds. The summed E-state index contributed by atoms with van der Waals surface area (Å²) in [6.45, 7) is 3.66. The number of thioether (sulfide) groups is 1. The lowest BCUT2D eigenvalue weighted by Gasteiger charge is -2.31. The number of hydrogen-bond donors (Lipinski definition) is 0. The van der Waals surface area contributed by atoms with E-state index in [-0.39, 0.29) is 17.6 Å². The van der Waals surface area contributed by atoms with Crippen molar-refractivity contribution in [3.05, 3.63) is 72.3 Å². The predicted octanol–water partition coefficient (Wildman–Crippen LogP) is 5.29. The minimum absolute atomic E-state index is 0.0951. The molecule has 0 saturated heterocycles. The van der Waals surface area contributed by atoms with Gasteiger partial charge in [0, 0.05) is 6.61 Å². The average Bonchev–Trinajstić information content (AvgIpc) is 3.13. The lowest BCUT2D eigenvalue weighted by Crippen LogP contribution is -2.38. The van der Waals surface area contributed by atoms with Gasteiger partial charge in [-0.1, -0.05) is 60.3 Å². The van der Waals surface area contributed by atoms with E-state index in [1.165, 1.54) is 4.70 Å². The lowest BCUT2D eigenvalue weighted by atomic mass is 10.2. The highest BCUT2D eigenvalue weighted by atomic mass is 32.2. The Labute approximate surface area is 173 Å². The van der Waals surface area contributed by atoms with E-state index in [9.17, 15) is 0 Å². The number of rotatable bonds is 8. The summed E-state index contributed by atoms with van der Waals surface area (Å²) in [5.74, 6) is 0. The van der Waals surface area contributed by atoms with Crippen molar-refractivity contribution < 1.29 is 14.2 Å². The highest BCUT2D eigenvalue weighted by Gasteiger charge is 2.29. The molecular formula is C22H23NO3S2. The summed E-state index contributed by atoms with van der Waals surface area (Å²) in [6, 6.07) is 18.4. The molecule has 4 nitrogen and oxygen atoms in total. The minimum Gasteiger partial charge on any atom is -0.374 e. The molecule has 0 radical (unpaired) electrons. The highest BCUT2D eigenvalue weighted by molar-refractivity contribution is 8.01. The van der Waals surface area contributed by atoms with Crippen LogP contribution in [-0.2, 0) is 20.8 Å². The Morgan fingerprint density at radius 1 is 1.07 bits per heavy atom. The second-order valence-electron chi connectivity index (χ2n) is 6.41. The first-order valence-corrected chi connectivity index (χ1v) is 11.1. The first-order chi connectivity index (χ1) is 13.8. The van der Waals surface area contributed by atoms with E-state index in [2.05, 4.69) is 30.3 Å². The van der Waals surface area contributed by atoms with Crippen molar-refractivity contribution in [3.8, 4) is 0 Å². The Morgan fingerprint density at radius 3 is 2.71 bits per heavy atom. The molecule has 1 aliphatic rings. The van der Waals surface area contributed by atoms with Gasteiger partial charge in [-0.2, -0.15) is 0 Å². The molecule has 0 aliphatic carbocycles. The summed E-state index contributed by atoms with van der Waals surface area (Å²) < 4.78 is 20.0. The van der Waals surface area contributed by atoms with Gasteiger partial charge in [-0.15, -0.1) is 11.3 Å². The largest absolute Gasteiger partial charge is 0.374 e. The van der Waals surface area contributed by atoms with Crippen LogP contribution in [0.5, 0.6) is 0 Å². The van der Waals surface area contributed by atoms with Gasteiger partial charge < -0.3 is 14.2 Å². The van der Waals surface area contributed by atoms with Gasteiger partial charge in [-0.25, -0.2) is 4.98 Å². The fraction of sp³-hybridized carbons (Fsp3) is 0.318. The number of ether oxygens (including phenoxy) is 3. The molecule has 146 valence electrons. The van der Waals surface area contributed by atoms with E-state index in [0.717, 1.165) is 15.4 Å². The molecule has 1 aliphatic heterocycles. The maximum atomic E-state index is 6.15. The van der Waals surface area contributed by atoms with Crippen molar-refractivity contribution in [2.24, 2.45) is 0 Å². The third-order valence-corrected chi connectivity index (χ3v) is 6.76. The standard InChI is InChI=1S/C22H23NO3S2/c1-2-25-21-13-12-20(28-22-23-17-10-6-7-11-19(17)27-22)18(26-21)15-24-14-16-8-4-3-5-9-16/h3-13,18,20-21H,2,14-15H2,1H3/t18-,20-,21+/m1/s1. The topological polar surface area (TPSA) is 40.6 Å². The molecule has 0 fully saturated rings. The Balaban J connectivity index is 1.43. The second-order valence-corrected chi connectivity index (χ2v) is 8.87. The van der Waals surface area contributed by atoms with Crippen LogP contribution in [0.15, 0.2) is 71.1 Å². The molecule has 0 bridgehead atoms. The van der Waals surface area contributed by atoms with Crippen LogP contribution in [0.1, 0.15) is 12.5 Å². The van der Waals surface area contributed by atoms with Crippen LogP contribution in [-0.4, -0.2) is 35.8 Å². The normalized spacial score (nSPS) is 22.0. The molecular weight excluding hydrogens is 390 g/mol. The van der Waals surface area contributed by atoms with Crippen molar-refractivity contribution in [3.63, 3.8) is 0 Å². The summed E-state index contributed by atoms with van der Waals surface area (Å²) in [7, 11) is 0. The third kappa shape index (κ3) is 5.01. The Hall–Kier alpha value is -1.70. The van der Waals surface area contributed by atoms with E-state index in [1.807, 2.05) is 43.3 Å². The fourth-order valence-electron chi connectivity index (χ4n) is 3.01. The monoisotopic (exact) mass is 413 g/mol. The molecule has 0 unspecified atom stereocenters. The van der Waals surface area contributed by atoms with Gasteiger partial charge in [0.1, 0.15) is 6.10 Å². The van der Waals surface area contributed by atoms with Crippen LogP contribution in [0, 0.1) is 0 Å². The first kappa shape index (κ1) is 19.6. The maximum absolute atomic E-state index is 6.15. The van der Waals surface area contributed by atoms with E-state index in [4.69, 9.17) is 19.2 Å². The molecule has 0 spiro atoms. The van der Waals surface area contributed by atoms with Crippen molar-refractivity contribution >= 4 is 33.3 Å². The molecule has 6 heteroatoms. The van der Waals surface area contributed by atoms with Crippen molar-refractivity contribution in [1.82, 2.24) is 4.98 Å². The van der Waals surface area contributed by atoms with Crippen LogP contribution in [0.2, 0.25) is 0 Å². The zero-order valence-corrected chi connectivity index (χ0v) is 17.3. The third-order valence-electron chi connectivity index (χ3n) is 4.37. The molecule has 1 aromatic heterocycles. The number of thiazole rings is 1. The molecule has 0 N–H and O–H groups in total. The average molecular weight is 414 g/mol. The molecule has 28 heavy (non-hydrogen) atoms. The van der Waals surface area contributed by atoms with Crippen molar-refractivity contribution in [2.75, 3.05) is 13.2 Å².